The van der Waals surface area contributed by atoms with E-state index in [0.717, 1.165) is 4.68 Å². The number of ether oxygens (including phenoxy) is 1. The molecule has 0 atom stereocenters. The minimum Gasteiger partial charge on any atom is -0.442 e. The van der Waals surface area contributed by atoms with Gasteiger partial charge in [0.15, 0.2) is 0 Å². The summed E-state index contributed by atoms with van der Waals surface area (Å²) in [5.41, 5.74) is -0.0805. The second-order valence-electron chi connectivity index (χ2n) is 4.45. The molecule has 0 spiro atoms. The zero-order valence-electron chi connectivity index (χ0n) is 9.76. The Morgan fingerprint density at radius 1 is 1.50 bits per heavy atom. The largest absolute Gasteiger partial charge is 0.491 e. The van der Waals surface area contributed by atoms with Crippen LogP contribution in [0.25, 0.3) is 0 Å². The molecule has 2 N–H and O–H groups in total. The highest BCUT2D eigenvalue weighted by atomic mass is 16.6. The number of nitrogens with zero attached hydrogens (tertiary/aromatic N) is 2. The van der Waals surface area contributed by atoms with Crippen LogP contribution in [0.3, 0.4) is 0 Å². The third-order valence-corrected chi connectivity index (χ3v) is 1.89. The van der Waals surface area contributed by atoms with Crippen molar-refractivity contribution >= 4 is 18.7 Å². The van der Waals surface area contributed by atoms with Gasteiger partial charge in [-0.25, -0.2) is 4.79 Å². The van der Waals surface area contributed by atoms with Crippen molar-refractivity contribution < 1.29 is 19.6 Å². The van der Waals surface area contributed by atoms with Crippen molar-refractivity contribution in [3.05, 3.63) is 11.9 Å². The Hall–Kier alpha value is -1.34. The molecule has 0 aliphatic carbocycles. The molecule has 1 heterocycles. The van der Waals surface area contributed by atoms with E-state index in [1.807, 2.05) is 0 Å². The van der Waals surface area contributed by atoms with Gasteiger partial charge in [-0.3, -0.25) is 0 Å². The minimum absolute atomic E-state index is 0.186. The average molecular weight is 226 g/mol. The first kappa shape index (κ1) is 12.7. The van der Waals surface area contributed by atoms with Crippen LogP contribution in [0, 0.1) is 6.92 Å². The van der Waals surface area contributed by atoms with Crippen molar-refractivity contribution in [1.82, 2.24) is 9.78 Å². The van der Waals surface area contributed by atoms with Crippen LogP contribution in [-0.4, -0.2) is 38.6 Å². The second kappa shape index (κ2) is 4.27. The lowest BCUT2D eigenvalue weighted by Gasteiger charge is -2.19. The molecule has 1 aromatic heterocycles. The van der Waals surface area contributed by atoms with E-state index in [0.29, 0.717) is 5.69 Å². The van der Waals surface area contributed by atoms with Crippen LogP contribution in [0.1, 0.15) is 26.5 Å². The molecule has 0 saturated heterocycles. The topological polar surface area (TPSA) is 84.6 Å². The van der Waals surface area contributed by atoms with Crippen LogP contribution in [0.2, 0.25) is 0 Å². The average Bonchev–Trinajstić information content (AvgIpc) is 2.43. The van der Waals surface area contributed by atoms with Gasteiger partial charge in [0.2, 0.25) is 0 Å². The summed E-state index contributed by atoms with van der Waals surface area (Å²) in [5, 5.41) is 21.7. The van der Waals surface area contributed by atoms with E-state index in [4.69, 9.17) is 14.8 Å². The highest BCUT2D eigenvalue weighted by molar-refractivity contribution is 6.59. The zero-order chi connectivity index (χ0) is 12.5. The number of rotatable bonds is 1. The Morgan fingerprint density at radius 2 is 2.06 bits per heavy atom. The van der Waals surface area contributed by atoms with Crippen LogP contribution in [0.5, 0.6) is 0 Å². The normalized spacial score (nSPS) is 11.4. The van der Waals surface area contributed by atoms with E-state index >= 15 is 0 Å². The maximum absolute atomic E-state index is 11.6. The van der Waals surface area contributed by atoms with Gasteiger partial charge in [-0.2, -0.15) is 9.78 Å². The fourth-order valence-corrected chi connectivity index (χ4v) is 1.16. The van der Waals surface area contributed by atoms with Crippen LogP contribution < -0.4 is 5.46 Å². The van der Waals surface area contributed by atoms with Crippen LogP contribution in [-0.2, 0) is 4.74 Å². The summed E-state index contributed by atoms with van der Waals surface area (Å²) in [6.07, 6.45) is 0.584. The predicted octanol–water partition coefficient (Wildman–Crippen LogP) is -0.345. The molecule has 88 valence electrons. The van der Waals surface area contributed by atoms with Crippen LogP contribution >= 0.6 is 0 Å². The van der Waals surface area contributed by atoms with Crippen molar-refractivity contribution in [2.24, 2.45) is 0 Å². The van der Waals surface area contributed by atoms with E-state index in [9.17, 15) is 4.79 Å². The summed E-state index contributed by atoms with van der Waals surface area (Å²) in [6.45, 7) is 6.79. The molecule has 7 heteroatoms. The number of hydrogen-bond donors (Lipinski definition) is 2. The number of carbonyl (C=O) groups is 1. The third-order valence-electron chi connectivity index (χ3n) is 1.89. The molecule has 0 aliphatic heterocycles. The minimum atomic E-state index is -1.64. The molecule has 0 aromatic carbocycles. The third kappa shape index (κ3) is 2.83. The van der Waals surface area contributed by atoms with Gasteiger partial charge in [-0.1, -0.05) is 0 Å². The van der Waals surface area contributed by atoms with Crippen molar-refractivity contribution in [3.8, 4) is 0 Å². The first-order valence-corrected chi connectivity index (χ1v) is 4.86. The van der Waals surface area contributed by atoms with E-state index in [1.54, 1.807) is 27.7 Å². The molecule has 0 unspecified atom stereocenters. The van der Waals surface area contributed by atoms with Gasteiger partial charge < -0.3 is 14.8 Å². The SMILES string of the molecule is Cc1c(B(O)O)cnn1C(=O)OC(C)(C)C. The highest BCUT2D eigenvalue weighted by Crippen LogP contribution is 2.09. The molecule has 16 heavy (non-hydrogen) atoms. The molecule has 0 saturated carbocycles. The van der Waals surface area contributed by atoms with Gasteiger partial charge in [0.1, 0.15) is 5.60 Å². The molecule has 0 bridgehead atoms. The number of carbonyl (C=O) groups excluding carboxylic acids is 1. The lowest BCUT2D eigenvalue weighted by Crippen LogP contribution is -2.33. The van der Waals surface area contributed by atoms with Gasteiger partial charge in [0.25, 0.3) is 0 Å². The van der Waals surface area contributed by atoms with E-state index in [1.165, 1.54) is 6.20 Å². The standard InChI is InChI=1S/C9H15BN2O4/c1-6-7(10(14)15)5-11-12(6)8(13)16-9(2,3)4/h5,14-15H,1-4H3. The zero-order valence-corrected chi connectivity index (χ0v) is 9.76. The number of aromatic nitrogens is 2. The van der Waals surface area contributed by atoms with E-state index in [2.05, 4.69) is 5.10 Å². The Morgan fingerprint density at radius 3 is 2.44 bits per heavy atom. The lowest BCUT2D eigenvalue weighted by molar-refractivity contribution is 0.0511. The molecule has 0 fully saturated rings. The van der Waals surface area contributed by atoms with Crippen molar-refractivity contribution in [3.63, 3.8) is 0 Å². The van der Waals surface area contributed by atoms with Crippen LogP contribution in [0.15, 0.2) is 6.20 Å². The molecule has 0 radical (unpaired) electrons. The summed E-state index contributed by atoms with van der Waals surface area (Å²) >= 11 is 0. The number of hydrogen-bond acceptors (Lipinski definition) is 5. The Balaban J connectivity index is 2.94. The van der Waals surface area contributed by atoms with Crippen molar-refractivity contribution in [2.75, 3.05) is 0 Å². The molecule has 6 nitrogen and oxygen atoms in total. The maximum atomic E-state index is 11.6. The fraction of sp³-hybridized carbons (Fsp3) is 0.556. The summed E-state index contributed by atoms with van der Waals surface area (Å²) in [6, 6.07) is 0. The fourth-order valence-electron chi connectivity index (χ4n) is 1.16. The van der Waals surface area contributed by atoms with Gasteiger partial charge in [-0.15, -0.1) is 0 Å². The highest BCUT2D eigenvalue weighted by Gasteiger charge is 2.24. The van der Waals surface area contributed by atoms with Gasteiger partial charge in [0.05, 0.1) is 0 Å². The molecule has 1 rings (SSSR count). The molecule has 0 amide bonds. The lowest BCUT2D eigenvalue weighted by atomic mass is 9.81. The molecular formula is C9H15BN2O4. The van der Waals surface area contributed by atoms with Crippen LogP contribution in [0.4, 0.5) is 4.79 Å². The predicted molar refractivity (Wildman–Crippen MR) is 58.4 cm³/mol. The van der Waals surface area contributed by atoms with Crippen molar-refractivity contribution in [2.45, 2.75) is 33.3 Å². The first-order valence-electron chi connectivity index (χ1n) is 4.86. The summed E-state index contributed by atoms with van der Waals surface area (Å²) in [7, 11) is -1.64. The molecule has 0 aliphatic rings. The maximum Gasteiger partial charge on any atom is 0.491 e. The summed E-state index contributed by atoms with van der Waals surface area (Å²) in [5.74, 6) is 0. The molecule has 1 aromatic rings. The van der Waals surface area contributed by atoms with E-state index in [-0.39, 0.29) is 5.46 Å². The Labute approximate surface area is 94.0 Å². The summed E-state index contributed by atoms with van der Waals surface area (Å²) < 4.78 is 6.10. The Bertz CT molecular complexity index is 395. The van der Waals surface area contributed by atoms with Gasteiger partial charge in [0, 0.05) is 17.4 Å². The second-order valence-corrected chi connectivity index (χ2v) is 4.45. The Kier molecular flexibility index (Phi) is 3.40. The monoisotopic (exact) mass is 226 g/mol. The van der Waals surface area contributed by atoms with Crippen molar-refractivity contribution in [1.29, 1.82) is 0 Å². The van der Waals surface area contributed by atoms with Gasteiger partial charge in [-0.05, 0) is 27.7 Å². The summed E-state index contributed by atoms with van der Waals surface area (Å²) in [4.78, 5) is 11.6. The molecular weight excluding hydrogens is 211 g/mol. The quantitative estimate of drug-likeness (QED) is 0.639. The van der Waals surface area contributed by atoms with Gasteiger partial charge >= 0.3 is 13.2 Å². The smallest absolute Gasteiger partial charge is 0.442 e. The first-order chi connectivity index (χ1) is 7.22. The van der Waals surface area contributed by atoms with E-state index < -0.39 is 18.8 Å².